The number of hydrogen-bond donors (Lipinski definition) is 1. The first-order valence-corrected chi connectivity index (χ1v) is 5.98. The summed E-state index contributed by atoms with van der Waals surface area (Å²) in [6.07, 6.45) is 0. The molecule has 0 radical (unpaired) electrons. The molecule has 7 heteroatoms. The molecule has 0 aliphatic heterocycles. The van der Waals surface area contributed by atoms with E-state index in [2.05, 4.69) is 5.16 Å². The Labute approximate surface area is 119 Å². The number of hydrogen-bond acceptors (Lipinski definition) is 5. The third-order valence-electron chi connectivity index (χ3n) is 2.84. The van der Waals surface area contributed by atoms with Gasteiger partial charge in [-0.3, -0.25) is 0 Å². The zero-order chi connectivity index (χ0) is 14.9. The molecule has 1 aromatic carbocycles. The number of carbonyl (C=O) groups is 1. The Bertz CT molecular complexity index is 665. The van der Waals surface area contributed by atoms with Crippen LogP contribution in [-0.4, -0.2) is 30.5 Å². The third kappa shape index (κ3) is 2.30. The first kappa shape index (κ1) is 14.2. The number of ether oxygens (including phenoxy) is 2. The molecule has 0 saturated heterocycles. The van der Waals surface area contributed by atoms with Crippen molar-refractivity contribution in [3.63, 3.8) is 0 Å². The van der Waals surface area contributed by atoms with Crippen LogP contribution >= 0.6 is 11.6 Å². The SMILES string of the molecule is COc1cc(-c2cc(C(=O)O)no2)c(OC)c(Cl)c1C. The second-order valence-electron chi connectivity index (χ2n) is 3.98. The number of benzene rings is 1. The van der Waals surface area contributed by atoms with E-state index in [-0.39, 0.29) is 11.5 Å². The highest BCUT2D eigenvalue weighted by Crippen LogP contribution is 2.42. The highest BCUT2D eigenvalue weighted by atomic mass is 35.5. The summed E-state index contributed by atoms with van der Waals surface area (Å²) in [7, 11) is 2.98. The molecule has 106 valence electrons. The topological polar surface area (TPSA) is 81.8 Å². The fourth-order valence-corrected chi connectivity index (χ4v) is 2.07. The van der Waals surface area contributed by atoms with Crippen LogP contribution in [0, 0.1) is 6.92 Å². The van der Waals surface area contributed by atoms with Gasteiger partial charge in [0.1, 0.15) is 11.5 Å². The Hall–Kier alpha value is -2.21. The second-order valence-corrected chi connectivity index (χ2v) is 4.36. The van der Waals surface area contributed by atoms with Gasteiger partial charge in [0, 0.05) is 11.6 Å². The van der Waals surface area contributed by atoms with Gasteiger partial charge in [-0.15, -0.1) is 0 Å². The summed E-state index contributed by atoms with van der Waals surface area (Å²) in [6, 6.07) is 2.96. The lowest BCUT2D eigenvalue weighted by atomic mass is 10.1. The zero-order valence-electron chi connectivity index (χ0n) is 11.1. The predicted octanol–water partition coefficient (Wildman–Crippen LogP) is 3.02. The maximum absolute atomic E-state index is 10.8. The van der Waals surface area contributed by atoms with Gasteiger partial charge >= 0.3 is 5.97 Å². The average molecular weight is 298 g/mol. The van der Waals surface area contributed by atoms with Gasteiger partial charge in [-0.2, -0.15) is 0 Å². The molecule has 2 aromatic rings. The molecule has 0 aliphatic rings. The van der Waals surface area contributed by atoms with E-state index in [1.54, 1.807) is 13.0 Å². The van der Waals surface area contributed by atoms with Crippen LogP contribution in [0.2, 0.25) is 5.02 Å². The maximum Gasteiger partial charge on any atom is 0.358 e. The van der Waals surface area contributed by atoms with Gasteiger partial charge in [-0.25, -0.2) is 4.79 Å². The average Bonchev–Trinajstić information content (AvgIpc) is 2.91. The first-order chi connectivity index (χ1) is 9.49. The number of rotatable bonds is 4. The van der Waals surface area contributed by atoms with E-state index >= 15 is 0 Å². The Morgan fingerprint density at radius 3 is 2.55 bits per heavy atom. The van der Waals surface area contributed by atoms with Gasteiger partial charge in [-0.1, -0.05) is 16.8 Å². The molecular formula is C13H12ClNO5. The van der Waals surface area contributed by atoms with E-state index in [1.165, 1.54) is 20.3 Å². The predicted molar refractivity (Wildman–Crippen MR) is 71.7 cm³/mol. The molecular weight excluding hydrogens is 286 g/mol. The van der Waals surface area contributed by atoms with Gasteiger partial charge < -0.3 is 19.1 Å². The Morgan fingerprint density at radius 1 is 1.35 bits per heavy atom. The van der Waals surface area contributed by atoms with Crippen molar-refractivity contribution in [2.75, 3.05) is 14.2 Å². The smallest absolute Gasteiger partial charge is 0.358 e. The molecule has 0 atom stereocenters. The van der Waals surface area contributed by atoms with Crippen LogP contribution in [0.4, 0.5) is 0 Å². The molecule has 0 fully saturated rings. The van der Waals surface area contributed by atoms with Crippen molar-refractivity contribution < 1.29 is 23.9 Å². The number of halogens is 1. The van der Waals surface area contributed by atoms with Gasteiger partial charge in [-0.05, 0) is 13.0 Å². The van der Waals surface area contributed by atoms with Crippen molar-refractivity contribution in [3.05, 3.63) is 28.4 Å². The summed E-state index contributed by atoms with van der Waals surface area (Å²) in [5.41, 5.74) is 0.991. The Kier molecular flexibility index (Phi) is 3.85. The number of aromatic carboxylic acids is 1. The van der Waals surface area contributed by atoms with Crippen LogP contribution in [0.25, 0.3) is 11.3 Å². The molecule has 1 N–H and O–H groups in total. The number of aromatic nitrogens is 1. The van der Waals surface area contributed by atoms with Crippen molar-refractivity contribution in [2.45, 2.75) is 6.92 Å². The zero-order valence-corrected chi connectivity index (χ0v) is 11.8. The summed E-state index contributed by atoms with van der Waals surface area (Å²) in [5, 5.41) is 12.7. The lowest BCUT2D eigenvalue weighted by Gasteiger charge is -2.13. The third-order valence-corrected chi connectivity index (χ3v) is 3.29. The minimum atomic E-state index is -1.18. The van der Waals surface area contributed by atoms with Crippen molar-refractivity contribution in [2.24, 2.45) is 0 Å². The summed E-state index contributed by atoms with van der Waals surface area (Å²) in [6.45, 7) is 1.79. The van der Waals surface area contributed by atoms with E-state index in [9.17, 15) is 4.79 Å². The van der Waals surface area contributed by atoms with E-state index in [0.717, 1.165) is 0 Å². The minimum absolute atomic E-state index is 0.197. The lowest BCUT2D eigenvalue weighted by Crippen LogP contribution is -1.95. The van der Waals surface area contributed by atoms with Crippen molar-refractivity contribution in [3.8, 4) is 22.8 Å². The van der Waals surface area contributed by atoms with E-state index in [4.69, 9.17) is 30.7 Å². The number of nitrogens with zero attached hydrogens (tertiary/aromatic N) is 1. The Balaban J connectivity index is 2.65. The van der Waals surface area contributed by atoms with Gasteiger partial charge in [0.15, 0.2) is 11.5 Å². The number of carboxylic acid groups (broad SMARTS) is 1. The van der Waals surface area contributed by atoms with E-state index < -0.39 is 5.97 Å². The fourth-order valence-electron chi connectivity index (χ4n) is 1.80. The molecule has 0 bridgehead atoms. The molecule has 0 saturated carbocycles. The fraction of sp³-hybridized carbons (Fsp3) is 0.231. The van der Waals surface area contributed by atoms with Crippen molar-refractivity contribution in [1.29, 1.82) is 0 Å². The summed E-state index contributed by atoms with van der Waals surface area (Å²) >= 11 is 6.22. The molecule has 0 spiro atoms. The van der Waals surface area contributed by atoms with Crippen LogP contribution in [0.5, 0.6) is 11.5 Å². The first-order valence-electron chi connectivity index (χ1n) is 5.61. The summed E-state index contributed by atoms with van der Waals surface area (Å²) < 4.78 is 15.5. The lowest BCUT2D eigenvalue weighted by molar-refractivity contribution is 0.0686. The highest BCUT2D eigenvalue weighted by molar-refractivity contribution is 6.33. The van der Waals surface area contributed by atoms with Gasteiger partial charge in [0.05, 0.1) is 24.8 Å². The van der Waals surface area contributed by atoms with E-state index in [1.807, 2.05) is 0 Å². The second kappa shape index (κ2) is 5.42. The van der Waals surface area contributed by atoms with Crippen LogP contribution in [-0.2, 0) is 0 Å². The number of carboxylic acids is 1. The quantitative estimate of drug-likeness (QED) is 0.934. The van der Waals surface area contributed by atoms with E-state index in [0.29, 0.717) is 27.6 Å². The molecule has 0 aliphatic carbocycles. The molecule has 1 aromatic heterocycles. The molecule has 6 nitrogen and oxygen atoms in total. The minimum Gasteiger partial charge on any atom is -0.496 e. The summed E-state index contributed by atoms with van der Waals surface area (Å²) in [5.74, 6) is -0.0271. The monoisotopic (exact) mass is 297 g/mol. The van der Waals surface area contributed by atoms with Crippen LogP contribution in [0.3, 0.4) is 0 Å². The van der Waals surface area contributed by atoms with Gasteiger partial charge in [0.25, 0.3) is 0 Å². The standard InChI is InChI=1S/C13H12ClNO5/c1-6-9(18-2)4-7(12(19-3)11(6)14)10-5-8(13(16)17)15-20-10/h4-5H,1-3H3,(H,16,17). The summed E-state index contributed by atoms with van der Waals surface area (Å²) in [4.78, 5) is 10.8. The van der Waals surface area contributed by atoms with Crippen LogP contribution in [0.1, 0.15) is 16.1 Å². The molecule has 0 unspecified atom stereocenters. The largest absolute Gasteiger partial charge is 0.496 e. The molecule has 20 heavy (non-hydrogen) atoms. The number of methoxy groups -OCH3 is 2. The van der Waals surface area contributed by atoms with Crippen molar-refractivity contribution in [1.82, 2.24) is 5.16 Å². The van der Waals surface area contributed by atoms with Crippen LogP contribution in [0.15, 0.2) is 16.7 Å². The van der Waals surface area contributed by atoms with Crippen molar-refractivity contribution >= 4 is 17.6 Å². The molecule has 1 heterocycles. The van der Waals surface area contributed by atoms with Crippen LogP contribution < -0.4 is 9.47 Å². The molecule has 2 rings (SSSR count). The Morgan fingerprint density at radius 2 is 2.05 bits per heavy atom. The molecule has 0 amide bonds. The normalized spacial score (nSPS) is 10.4. The highest BCUT2D eigenvalue weighted by Gasteiger charge is 2.21. The van der Waals surface area contributed by atoms with Gasteiger partial charge in [0.2, 0.25) is 0 Å². The maximum atomic E-state index is 10.8.